The third-order valence-electron chi connectivity index (χ3n) is 2.99. The molecule has 0 aliphatic heterocycles. The Balaban J connectivity index is 2.06. The Morgan fingerprint density at radius 1 is 0.600 bits per heavy atom. The molecule has 0 amide bonds. The summed E-state index contributed by atoms with van der Waals surface area (Å²) in [5.74, 6) is 0. The Hall–Kier alpha value is -1.45. The van der Waals surface area contributed by atoms with Gasteiger partial charge in [-0.3, -0.25) is 0 Å². The maximum Gasteiger partial charge on any atom is 0.0709 e. The highest BCUT2D eigenvalue weighted by atomic mass is 79.9. The predicted octanol–water partition coefficient (Wildman–Crippen LogP) is 5.94. The maximum atomic E-state index is 4.75. The van der Waals surface area contributed by atoms with E-state index in [2.05, 4.69) is 56.1 Å². The van der Waals surface area contributed by atoms with Crippen LogP contribution in [0.3, 0.4) is 0 Å². The van der Waals surface area contributed by atoms with Crippen molar-refractivity contribution in [1.29, 1.82) is 0 Å². The molecule has 0 saturated carbocycles. The molecule has 3 aromatic rings. The van der Waals surface area contributed by atoms with Crippen LogP contribution in [0.15, 0.2) is 75.7 Å². The highest BCUT2D eigenvalue weighted by Crippen LogP contribution is 2.26. The van der Waals surface area contributed by atoms with Crippen LogP contribution in [0, 0.1) is 0 Å². The van der Waals surface area contributed by atoms with Crippen molar-refractivity contribution in [1.82, 2.24) is 4.98 Å². The van der Waals surface area contributed by atoms with E-state index in [0.29, 0.717) is 0 Å². The quantitative estimate of drug-likeness (QED) is 0.529. The topological polar surface area (TPSA) is 12.9 Å². The molecule has 0 bridgehead atoms. The first kappa shape index (κ1) is 13.5. The van der Waals surface area contributed by atoms with Gasteiger partial charge in [0, 0.05) is 20.1 Å². The molecule has 1 heterocycles. The van der Waals surface area contributed by atoms with E-state index >= 15 is 0 Å². The van der Waals surface area contributed by atoms with Crippen LogP contribution in [0.4, 0.5) is 0 Å². The van der Waals surface area contributed by atoms with Gasteiger partial charge in [-0.15, -0.1) is 0 Å². The number of benzene rings is 2. The Morgan fingerprint density at radius 3 is 1.50 bits per heavy atom. The van der Waals surface area contributed by atoms with Gasteiger partial charge < -0.3 is 0 Å². The lowest BCUT2D eigenvalue weighted by Gasteiger charge is -2.06. The van der Waals surface area contributed by atoms with Gasteiger partial charge in [0.25, 0.3) is 0 Å². The molecule has 98 valence electrons. The Morgan fingerprint density at radius 2 is 1.05 bits per heavy atom. The first-order valence-electron chi connectivity index (χ1n) is 6.21. The molecule has 0 radical (unpaired) electrons. The van der Waals surface area contributed by atoms with Crippen LogP contribution in [0.25, 0.3) is 22.5 Å². The molecule has 2 aromatic carbocycles. The number of pyridine rings is 1. The van der Waals surface area contributed by atoms with Gasteiger partial charge in [0.05, 0.1) is 11.4 Å². The summed E-state index contributed by atoms with van der Waals surface area (Å²) in [4.78, 5) is 4.75. The number of hydrogen-bond donors (Lipinski definition) is 0. The van der Waals surface area contributed by atoms with E-state index in [9.17, 15) is 0 Å². The van der Waals surface area contributed by atoms with Crippen LogP contribution in [0.5, 0.6) is 0 Å². The molecule has 0 unspecified atom stereocenters. The second-order valence-electron chi connectivity index (χ2n) is 4.43. The van der Waals surface area contributed by atoms with Crippen molar-refractivity contribution in [2.45, 2.75) is 0 Å². The molecular weight excluding hydrogens is 378 g/mol. The molecule has 0 atom stereocenters. The zero-order valence-electron chi connectivity index (χ0n) is 10.6. The molecular formula is C17H11Br2N. The van der Waals surface area contributed by atoms with E-state index in [-0.39, 0.29) is 0 Å². The van der Waals surface area contributed by atoms with Gasteiger partial charge >= 0.3 is 0 Å². The summed E-state index contributed by atoms with van der Waals surface area (Å²) in [6.45, 7) is 0. The fourth-order valence-corrected chi connectivity index (χ4v) is 2.85. The zero-order valence-corrected chi connectivity index (χ0v) is 13.7. The molecule has 0 saturated heterocycles. The summed E-state index contributed by atoms with van der Waals surface area (Å²) in [5, 5.41) is 0. The molecule has 1 aromatic heterocycles. The van der Waals surface area contributed by atoms with E-state index in [4.69, 9.17) is 4.98 Å². The largest absolute Gasteiger partial charge is 0.248 e. The minimum atomic E-state index is 0.976. The van der Waals surface area contributed by atoms with Gasteiger partial charge in [0.15, 0.2) is 0 Å². The summed E-state index contributed by atoms with van der Waals surface area (Å²) in [5.41, 5.74) is 4.17. The standard InChI is InChI=1S/C17H11Br2N/c18-14-6-1-4-12(10-14)16-8-3-9-17(20-16)13-5-2-7-15(19)11-13/h1-11H. The van der Waals surface area contributed by atoms with Crippen molar-refractivity contribution in [3.05, 3.63) is 75.7 Å². The Kier molecular flexibility index (Phi) is 3.99. The van der Waals surface area contributed by atoms with Gasteiger partial charge in [-0.1, -0.05) is 62.2 Å². The van der Waals surface area contributed by atoms with Gasteiger partial charge in [-0.2, -0.15) is 0 Å². The summed E-state index contributed by atoms with van der Waals surface area (Å²) >= 11 is 7.00. The summed E-state index contributed by atoms with van der Waals surface area (Å²) < 4.78 is 2.12. The minimum absolute atomic E-state index is 0.976. The Labute approximate surface area is 135 Å². The van der Waals surface area contributed by atoms with Crippen LogP contribution in [-0.4, -0.2) is 4.98 Å². The van der Waals surface area contributed by atoms with Gasteiger partial charge in [-0.25, -0.2) is 4.98 Å². The monoisotopic (exact) mass is 387 g/mol. The van der Waals surface area contributed by atoms with Gasteiger partial charge in [0.2, 0.25) is 0 Å². The highest BCUT2D eigenvalue weighted by Gasteiger charge is 2.04. The fraction of sp³-hybridized carbons (Fsp3) is 0. The van der Waals surface area contributed by atoms with Crippen molar-refractivity contribution in [2.75, 3.05) is 0 Å². The van der Waals surface area contributed by atoms with Crippen LogP contribution < -0.4 is 0 Å². The fourth-order valence-electron chi connectivity index (χ4n) is 2.05. The lowest BCUT2D eigenvalue weighted by Crippen LogP contribution is -1.87. The van der Waals surface area contributed by atoms with Crippen molar-refractivity contribution in [3.8, 4) is 22.5 Å². The molecule has 0 aliphatic carbocycles. The molecule has 0 aliphatic rings. The summed E-state index contributed by atoms with van der Waals surface area (Å²) in [6, 6.07) is 22.5. The molecule has 20 heavy (non-hydrogen) atoms. The van der Waals surface area contributed by atoms with Crippen LogP contribution in [0.1, 0.15) is 0 Å². The second kappa shape index (κ2) is 5.90. The first-order chi connectivity index (χ1) is 9.72. The van der Waals surface area contributed by atoms with E-state index < -0.39 is 0 Å². The summed E-state index contributed by atoms with van der Waals surface area (Å²) in [6.07, 6.45) is 0. The average Bonchev–Trinajstić information content (AvgIpc) is 2.47. The lowest BCUT2D eigenvalue weighted by molar-refractivity contribution is 1.32. The van der Waals surface area contributed by atoms with E-state index in [0.717, 1.165) is 31.5 Å². The third-order valence-corrected chi connectivity index (χ3v) is 3.98. The van der Waals surface area contributed by atoms with Gasteiger partial charge in [0.1, 0.15) is 0 Å². The van der Waals surface area contributed by atoms with Crippen molar-refractivity contribution >= 4 is 31.9 Å². The number of halogens is 2. The lowest BCUT2D eigenvalue weighted by atomic mass is 10.1. The van der Waals surface area contributed by atoms with Crippen molar-refractivity contribution in [2.24, 2.45) is 0 Å². The third kappa shape index (κ3) is 3.00. The second-order valence-corrected chi connectivity index (χ2v) is 6.26. The molecule has 0 fully saturated rings. The maximum absolute atomic E-state index is 4.75. The first-order valence-corrected chi connectivity index (χ1v) is 7.80. The zero-order chi connectivity index (χ0) is 13.9. The minimum Gasteiger partial charge on any atom is -0.248 e. The number of rotatable bonds is 2. The van der Waals surface area contributed by atoms with Crippen LogP contribution >= 0.6 is 31.9 Å². The number of aromatic nitrogens is 1. The predicted molar refractivity (Wildman–Crippen MR) is 90.5 cm³/mol. The number of hydrogen-bond acceptors (Lipinski definition) is 1. The highest BCUT2D eigenvalue weighted by molar-refractivity contribution is 9.10. The van der Waals surface area contributed by atoms with Crippen LogP contribution in [-0.2, 0) is 0 Å². The van der Waals surface area contributed by atoms with Crippen molar-refractivity contribution < 1.29 is 0 Å². The smallest absolute Gasteiger partial charge is 0.0709 e. The number of nitrogens with zero attached hydrogens (tertiary/aromatic N) is 1. The normalized spacial score (nSPS) is 10.5. The van der Waals surface area contributed by atoms with Crippen LogP contribution in [0.2, 0.25) is 0 Å². The Bertz CT molecular complexity index is 692. The molecule has 3 rings (SSSR count). The van der Waals surface area contributed by atoms with Gasteiger partial charge in [-0.05, 0) is 36.4 Å². The molecule has 3 heteroatoms. The van der Waals surface area contributed by atoms with Crippen molar-refractivity contribution in [3.63, 3.8) is 0 Å². The average molecular weight is 389 g/mol. The van der Waals surface area contributed by atoms with E-state index in [1.165, 1.54) is 0 Å². The summed E-state index contributed by atoms with van der Waals surface area (Å²) in [7, 11) is 0. The SMILES string of the molecule is Brc1cccc(-c2cccc(-c3cccc(Br)c3)n2)c1. The van der Waals surface area contributed by atoms with E-state index in [1.807, 2.05) is 42.5 Å². The molecule has 1 nitrogen and oxygen atoms in total. The van der Waals surface area contributed by atoms with E-state index in [1.54, 1.807) is 0 Å². The molecule has 0 N–H and O–H groups in total. The molecule has 0 spiro atoms.